The second-order valence-corrected chi connectivity index (χ2v) is 6.31. The highest BCUT2D eigenvalue weighted by molar-refractivity contribution is 9.10. The molecule has 16 heavy (non-hydrogen) atoms. The molecule has 88 valence electrons. The van der Waals surface area contributed by atoms with Crippen molar-refractivity contribution >= 4 is 27.5 Å². The Morgan fingerprint density at radius 3 is 2.38 bits per heavy atom. The van der Waals surface area contributed by atoms with Crippen molar-refractivity contribution in [2.24, 2.45) is 5.92 Å². The highest BCUT2D eigenvalue weighted by atomic mass is 79.9. The van der Waals surface area contributed by atoms with E-state index in [1.54, 1.807) is 0 Å². The first-order chi connectivity index (χ1) is 7.60. The van der Waals surface area contributed by atoms with E-state index in [1.165, 1.54) is 5.56 Å². The fourth-order valence-electron chi connectivity index (χ4n) is 2.38. The predicted octanol–water partition coefficient (Wildman–Crippen LogP) is 3.90. The summed E-state index contributed by atoms with van der Waals surface area (Å²) in [5, 5.41) is 3.38. The summed E-state index contributed by atoms with van der Waals surface area (Å²) in [7, 11) is 0. The van der Waals surface area contributed by atoms with Crippen molar-refractivity contribution in [3.8, 4) is 0 Å². The predicted molar refractivity (Wildman–Crippen MR) is 72.9 cm³/mol. The van der Waals surface area contributed by atoms with E-state index in [9.17, 15) is 0 Å². The third kappa shape index (κ3) is 2.61. The van der Waals surface area contributed by atoms with Crippen LogP contribution in [-0.4, -0.2) is 13.1 Å². The van der Waals surface area contributed by atoms with Crippen LogP contribution in [0, 0.1) is 5.92 Å². The van der Waals surface area contributed by atoms with Crippen LogP contribution in [0.3, 0.4) is 0 Å². The smallest absolute Gasteiger partial charge is 0.0695 e. The minimum absolute atomic E-state index is 0.233. The highest BCUT2D eigenvalue weighted by Gasteiger charge is 2.34. The molecule has 1 aromatic carbocycles. The standard InChI is InChI=1S/C13H17BrClN/c1-13(15,11-6-8-16-9-7-11)10-2-4-12(14)5-3-10/h2-5,11,16H,6-9H2,1H3. The van der Waals surface area contributed by atoms with E-state index in [4.69, 9.17) is 11.6 Å². The largest absolute Gasteiger partial charge is 0.317 e. The molecule has 3 heteroatoms. The Labute approximate surface area is 111 Å². The second-order valence-electron chi connectivity index (χ2n) is 4.61. The molecule has 1 saturated heterocycles. The summed E-state index contributed by atoms with van der Waals surface area (Å²) < 4.78 is 1.11. The Bertz CT molecular complexity index is 341. The number of alkyl halides is 1. The monoisotopic (exact) mass is 301 g/mol. The van der Waals surface area contributed by atoms with Gasteiger partial charge < -0.3 is 5.32 Å². The molecule has 0 amide bonds. The van der Waals surface area contributed by atoms with Crippen molar-refractivity contribution in [3.63, 3.8) is 0 Å². The van der Waals surface area contributed by atoms with Gasteiger partial charge in [-0.15, -0.1) is 11.6 Å². The molecule has 2 rings (SSSR count). The SMILES string of the molecule is CC(Cl)(c1ccc(Br)cc1)C1CCNCC1. The first-order valence-electron chi connectivity index (χ1n) is 5.76. The molecule has 0 saturated carbocycles. The van der Waals surface area contributed by atoms with Gasteiger partial charge in [-0.05, 0) is 56.5 Å². The fourth-order valence-corrected chi connectivity index (χ4v) is 2.98. The molecule has 0 bridgehead atoms. The summed E-state index contributed by atoms with van der Waals surface area (Å²) >= 11 is 10.2. The molecule has 0 aliphatic carbocycles. The highest BCUT2D eigenvalue weighted by Crippen LogP contribution is 2.41. The van der Waals surface area contributed by atoms with E-state index in [0.29, 0.717) is 5.92 Å². The third-order valence-electron chi connectivity index (χ3n) is 3.51. The molecule has 1 aliphatic heterocycles. The molecular formula is C13H17BrClN. The van der Waals surface area contributed by atoms with Crippen molar-refractivity contribution in [2.75, 3.05) is 13.1 Å². The number of nitrogens with one attached hydrogen (secondary N) is 1. The van der Waals surface area contributed by atoms with Gasteiger partial charge in [0.15, 0.2) is 0 Å². The molecule has 0 radical (unpaired) electrons. The van der Waals surface area contributed by atoms with E-state index >= 15 is 0 Å². The Kier molecular flexibility index (Phi) is 3.93. The second kappa shape index (κ2) is 5.07. The molecule has 1 heterocycles. The van der Waals surface area contributed by atoms with Gasteiger partial charge in [0.1, 0.15) is 0 Å². The van der Waals surface area contributed by atoms with Crippen LogP contribution in [0.2, 0.25) is 0 Å². The van der Waals surface area contributed by atoms with Crippen molar-refractivity contribution in [1.29, 1.82) is 0 Å². The first-order valence-corrected chi connectivity index (χ1v) is 6.93. The maximum absolute atomic E-state index is 6.75. The van der Waals surface area contributed by atoms with Crippen LogP contribution in [0.5, 0.6) is 0 Å². The van der Waals surface area contributed by atoms with Crippen LogP contribution in [0.1, 0.15) is 25.3 Å². The van der Waals surface area contributed by atoms with Crippen LogP contribution in [0.4, 0.5) is 0 Å². The van der Waals surface area contributed by atoms with E-state index < -0.39 is 0 Å². The van der Waals surface area contributed by atoms with Crippen LogP contribution >= 0.6 is 27.5 Å². The molecule has 0 spiro atoms. The summed E-state index contributed by atoms with van der Waals surface area (Å²) in [6.45, 7) is 4.32. The van der Waals surface area contributed by atoms with Crippen LogP contribution in [0.15, 0.2) is 28.7 Å². The summed E-state index contributed by atoms with van der Waals surface area (Å²) in [5.41, 5.74) is 1.23. The van der Waals surface area contributed by atoms with Crippen molar-refractivity contribution in [1.82, 2.24) is 5.32 Å². The summed E-state index contributed by atoms with van der Waals surface area (Å²) in [4.78, 5) is -0.233. The minimum Gasteiger partial charge on any atom is -0.317 e. The number of benzene rings is 1. The van der Waals surface area contributed by atoms with Gasteiger partial charge in [-0.25, -0.2) is 0 Å². The van der Waals surface area contributed by atoms with Gasteiger partial charge in [0, 0.05) is 4.47 Å². The Morgan fingerprint density at radius 2 is 1.81 bits per heavy atom. The molecular weight excluding hydrogens is 286 g/mol. The van der Waals surface area contributed by atoms with Gasteiger partial charge in [0.25, 0.3) is 0 Å². The lowest BCUT2D eigenvalue weighted by Gasteiger charge is -2.35. The third-order valence-corrected chi connectivity index (χ3v) is 4.57. The number of hydrogen-bond donors (Lipinski definition) is 1. The number of hydrogen-bond acceptors (Lipinski definition) is 1. The lowest BCUT2D eigenvalue weighted by molar-refractivity contribution is 0.301. The molecule has 1 N–H and O–H groups in total. The molecule has 1 unspecified atom stereocenters. The van der Waals surface area contributed by atoms with Gasteiger partial charge in [-0.3, -0.25) is 0 Å². The number of rotatable bonds is 2. The average Bonchev–Trinajstić information content (AvgIpc) is 2.31. The molecule has 1 nitrogen and oxygen atoms in total. The number of piperidine rings is 1. The first kappa shape index (κ1) is 12.4. The van der Waals surface area contributed by atoms with Crippen LogP contribution in [0.25, 0.3) is 0 Å². The minimum atomic E-state index is -0.233. The van der Waals surface area contributed by atoms with Gasteiger partial charge in [-0.1, -0.05) is 28.1 Å². The van der Waals surface area contributed by atoms with Gasteiger partial charge in [0.05, 0.1) is 4.87 Å². The lowest BCUT2D eigenvalue weighted by atomic mass is 9.81. The average molecular weight is 303 g/mol. The van der Waals surface area contributed by atoms with Crippen LogP contribution in [-0.2, 0) is 4.87 Å². The lowest BCUT2D eigenvalue weighted by Crippen LogP contribution is -2.36. The Balaban J connectivity index is 2.19. The van der Waals surface area contributed by atoms with E-state index in [2.05, 4.69) is 52.4 Å². The van der Waals surface area contributed by atoms with Crippen LogP contribution < -0.4 is 5.32 Å². The molecule has 1 aromatic rings. The Morgan fingerprint density at radius 1 is 1.25 bits per heavy atom. The van der Waals surface area contributed by atoms with Crippen molar-refractivity contribution < 1.29 is 0 Å². The van der Waals surface area contributed by atoms with E-state index in [0.717, 1.165) is 30.4 Å². The summed E-state index contributed by atoms with van der Waals surface area (Å²) in [6, 6.07) is 8.38. The zero-order valence-electron chi connectivity index (χ0n) is 9.47. The molecule has 0 aromatic heterocycles. The molecule has 1 atom stereocenters. The summed E-state index contributed by atoms with van der Waals surface area (Å²) in [6.07, 6.45) is 2.33. The normalized spacial score (nSPS) is 21.7. The zero-order valence-corrected chi connectivity index (χ0v) is 11.8. The van der Waals surface area contributed by atoms with E-state index in [1.807, 2.05) is 0 Å². The van der Waals surface area contributed by atoms with Gasteiger partial charge >= 0.3 is 0 Å². The quantitative estimate of drug-likeness (QED) is 0.817. The van der Waals surface area contributed by atoms with Gasteiger partial charge in [-0.2, -0.15) is 0 Å². The van der Waals surface area contributed by atoms with E-state index in [-0.39, 0.29) is 4.87 Å². The zero-order chi connectivity index (χ0) is 11.6. The Hall–Kier alpha value is -0.0500. The van der Waals surface area contributed by atoms with Gasteiger partial charge in [0.2, 0.25) is 0 Å². The topological polar surface area (TPSA) is 12.0 Å². The fraction of sp³-hybridized carbons (Fsp3) is 0.538. The molecule has 1 aliphatic rings. The summed E-state index contributed by atoms with van der Waals surface area (Å²) in [5.74, 6) is 0.566. The number of halogens is 2. The van der Waals surface area contributed by atoms with Crippen molar-refractivity contribution in [2.45, 2.75) is 24.6 Å². The molecule has 1 fully saturated rings. The maximum Gasteiger partial charge on any atom is 0.0695 e. The van der Waals surface area contributed by atoms with Crippen molar-refractivity contribution in [3.05, 3.63) is 34.3 Å². The maximum atomic E-state index is 6.75.